The molecule has 0 bridgehead atoms. The number of pyridine rings is 1. The van der Waals surface area contributed by atoms with Gasteiger partial charge in [-0.05, 0) is 13.0 Å². The van der Waals surface area contributed by atoms with Gasteiger partial charge in [-0.15, -0.1) is 0 Å². The topological polar surface area (TPSA) is 33.1 Å². The van der Waals surface area contributed by atoms with Gasteiger partial charge in [0.15, 0.2) is 5.75 Å². The maximum absolute atomic E-state index is 8.85. The summed E-state index contributed by atoms with van der Waals surface area (Å²) in [5.41, 5.74) is 0.804. The van der Waals surface area contributed by atoms with Crippen molar-refractivity contribution < 1.29 is 5.11 Å². The van der Waals surface area contributed by atoms with Crippen LogP contribution in [0.1, 0.15) is 5.69 Å². The zero-order valence-electron chi connectivity index (χ0n) is 4.93. The molecule has 2 nitrogen and oxygen atoms in total. The van der Waals surface area contributed by atoms with Gasteiger partial charge in [0.25, 0.3) is 0 Å². The Morgan fingerprint density at radius 1 is 1.67 bits per heavy atom. The van der Waals surface area contributed by atoms with Crippen LogP contribution in [0.3, 0.4) is 0 Å². The third-order valence-electron chi connectivity index (χ3n) is 0.971. The van der Waals surface area contributed by atoms with E-state index in [0.717, 1.165) is 5.69 Å². The smallest absolute Gasteiger partial charge is 0.152 e. The van der Waals surface area contributed by atoms with E-state index >= 15 is 0 Å². The molecule has 0 aliphatic heterocycles. The maximum Gasteiger partial charge on any atom is 0.152 e. The quantitative estimate of drug-likeness (QED) is 0.600. The number of aromatic hydroxyl groups is 1. The van der Waals surface area contributed by atoms with Gasteiger partial charge in [-0.2, -0.15) is 0 Å². The lowest BCUT2D eigenvalue weighted by molar-refractivity contribution is 0.472. The molecular formula is C6H6ClNO. The minimum atomic E-state index is 0.0299. The molecule has 48 valence electrons. The van der Waals surface area contributed by atoms with Crippen LogP contribution in [0, 0.1) is 6.92 Å². The highest BCUT2D eigenvalue weighted by Gasteiger charge is 1.95. The SMILES string of the molecule is Cc1cc(Cl)c(O)cn1. The molecule has 0 saturated carbocycles. The van der Waals surface area contributed by atoms with Gasteiger partial charge < -0.3 is 5.11 Å². The lowest BCUT2D eigenvalue weighted by Crippen LogP contribution is -1.78. The van der Waals surface area contributed by atoms with Crippen LogP contribution >= 0.6 is 11.6 Å². The number of rotatable bonds is 0. The van der Waals surface area contributed by atoms with Crippen LogP contribution in [-0.4, -0.2) is 10.1 Å². The number of halogens is 1. The molecule has 1 heterocycles. The molecule has 0 atom stereocenters. The van der Waals surface area contributed by atoms with Gasteiger partial charge in [0.05, 0.1) is 11.2 Å². The van der Waals surface area contributed by atoms with Crippen LogP contribution in [0.5, 0.6) is 5.75 Å². The molecule has 1 aromatic heterocycles. The maximum atomic E-state index is 8.85. The minimum absolute atomic E-state index is 0.0299. The summed E-state index contributed by atoms with van der Waals surface area (Å²) in [6.07, 6.45) is 1.33. The molecule has 0 spiro atoms. The Morgan fingerprint density at radius 3 is 2.78 bits per heavy atom. The van der Waals surface area contributed by atoms with Gasteiger partial charge in [0.1, 0.15) is 0 Å². The summed E-state index contributed by atoms with van der Waals surface area (Å²) in [5, 5.41) is 9.20. The van der Waals surface area contributed by atoms with E-state index in [9.17, 15) is 0 Å². The first kappa shape index (κ1) is 6.36. The van der Waals surface area contributed by atoms with E-state index < -0.39 is 0 Å². The Balaban J connectivity index is 3.17. The van der Waals surface area contributed by atoms with Crippen LogP contribution in [0.4, 0.5) is 0 Å². The van der Waals surface area contributed by atoms with Crippen LogP contribution < -0.4 is 0 Å². The fourth-order valence-electron chi connectivity index (χ4n) is 0.519. The molecule has 0 radical (unpaired) electrons. The second-order valence-electron chi connectivity index (χ2n) is 1.78. The fraction of sp³-hybridized carbons (Fsp3) is 0.167. The van der Waals surface area contributed by atoms with Crippen LogP contribution in [0.15, 0.2) is 12.3 Å². The second-order valence-corrected chi connectivity index (χ2v) is 2.18. The molecule has 1 rings (SSSR count). The molecule has 1 N–H and O–H groups in total. The summed E-state index contributed by atoms with van der Waals surface area (Å²) in [7, 11) is 0. The number of aryl methyl sites for hydroxylation is 1. The van der Waals surface area contributed by atoms with Crippen molar-refractivity contribution in [1.29, 1.82) is 0 Å². The van der Waals surface area contributed by atoms with Crippen molar-refractivity contribution in [1.82, 2.24) is 4.98 Å². The van der Waals surface area contributed by atoms with Crippen molar-refractivity contribution in [3.8, 4) is 5.75 Å². The highest BCUT2D eigenvalue weighted by Crippen LogP contribution is 2.20. The van der Waals surface area contributed by atoms with Gasteiger partial charge in [0.2, 0.25) is 0 Å². The van der Waals surface area contributed by atoms with Crippen molar-refractivity contribution in [2.45, 2.75) is 6.92 Å². The van der Waals surface area contributed by atoms with E-state index in [0.29, 0.717) is 5.02 Å². The van der Waals surface area contributed by atoms with Gasteiger partial charge in [-0.3, -0.25) is 4.98 Å². The Bertz CT molecular complexity index is 224. The Morgan fingerprint density at radius 2 is 2.33 bits per heavy atom. The van der Waals surface area contributed by atoms with Crippen molar-refractivity contribution in [3.05, 3.63) is 23.0 Å². The first-order valence-corrected chi connectivity index (χ1v) is 2.89. The van der Waals surface area contributed by atoms with Crippen molar-refractivity contribution >= 4 is 11.6 Å². The molecule has 0 aliphatic rings. The van der Waals surface area contributed by atoms with Crippen molar-refractivity contribution in [2.24, 2.45) is 0 Å². The Hall–Kier alpha value is -0.760. The second kappa shape index (κ2) is 2.23. The summed E-state index contributed by atoms with van der Waals surface area (Å²) in [6.45, 7) is 1.81. The van der Waals surface area contributed by atoms with E-state index in [1.165, 1.54) is 6.20 Å². The fourth-order valence-corrected chi connectivity index (χ4v) is 0.726. The third-order valence-corrected chi connectivity index (χ3v) is 1.27. The summed E-state index contributed by atoms with van der Waals surface area (Å²) < 4.78 is 0. The van der Waals surface area contributed by atoms with Crippen LogP contribution in [0.25, 0.3) is 0 Å². The Labute approximate surface area is 58.1 Å². The predicted octanol–water partition coefficient (Wildman–Crippen LogP) is 1.75. The number of hydrogen-bond donors (Lipinski definition) is 1. The van der Waals surface area contributed by atoms with E-state index in [-0.39, 0.29) is 5.75 Å². The molecule has 3 heteroatoms. The lowest BCUT2D eigenvalue weighted by Gasteiger charge is -1.94. The van der Waals surface area contributed by atoms with Gasteiger partial charge in [0, 0.05) is 5.69 Å². The summed E-state index contributed by atoms with van der Waals surface area (Å²) >= 11 is 5.52. The number of nitrogens with zero attached hydrogens (tertiary/aromatic N) is 1. The van der Waals surface area contributed by atoms with Gasteiger partial charge in [-0.25, -0.2) is 0 Å². The molecule has 9 heavy (non-hydrogen) atoms. The van der Waals surface area contributed by atoms with Crippen LogP contribution in [-0.2, 0) is 0 Å². The van der Waals surface area contributed by atoms with E-state index in [2.05, 4.69) is 4.98 Å². The van der Waals surface area contributed by atoms with E-state index in [4.69, 9.17) is 16.7 Å². The number of aromatic nitrogens is 1. The van der Waals surface area contributed by atoms with Crippen molar-refractivity contribution in [3.63, 3.8) is 0 Å². The summed E-state index contributed by atoms with van der Waals surface area (Å²) in [4.78, 5) is 3.81. The molecule has 0 amide bonds. The first-order valence-electron chi connectivity index (χ1n) is 2.51. The summed E-state index contributed by atoms with van der Waals surface area (Å²) in [6, 6.07) is 1.61. The first-order chi connectivity index (χ1) is 4.20. The highest BCUT2D eigenvalue weighted by atomic mass is 35.5. The van der Waals surface area contributed by atoms with E-state index in [1.54, 1.807) is 6.07 Å². The normalized spacial score (nSPS) is 9.56. The lowest BCUT2D eigenvalue weighted by atomic mass is 10.4. The van der Waals surface area contributed by atoms with Crippen molar-refractivity contribution in [2.75, 3.05) is 0 Å². The largest absolute Gasteiger partial charge is 0.505 e. The molecule has 0 fully saturated rings. The molecule has 1 aromatic rings. The molecule has 0 aliphatic carbocycles. The zero-order chi connectivity index (χ0) is 6.85. The highest BCUT2D eigenvalue weighted by molar-refractivity contribution is 6.31. The zero-order valence-corrected chi connectivity index (χ0v) is 5.68. The molecular weight excluding hydrogens is 138 g/mol. The summed E-state index contributed by atoms with van der Waals surface area (Å²) in [5.74, 6) is 0.0299. The molecule has 0 saturated heterocycles. The molecule has 0 aromatic carbocycles. The van der Waals surface area contributed by atoms with Gasteiger partial charge in [-0.1, -0.05) is 11.6 Å². The molecule has 0 unspecified atom stereocenters. The van der Waals surface area contributed by atoms with Gasteiger partial charge >= 0.3 is 0 Å². The average Bonchev–Trinajstić information content (AvgIpc) is 1.80. The predicted molar refractivity (Wildman–Crippen MR) is 35.6 cm³/mol. The number of hydrogen-bond acceptors (Lipinski definition) is 2. The Kier molecular flexibility index (Phi) is 1.58. The minimum Gasteiger partial charge on any atom is -0.505 e. The third kappa shape index (κ3) is 1.33. The standard InChI is InChI=1S/C6H6ClNO/c1-4-2-5(7)6(9)3-8-4/h2-3,9H,1H3. The average molecular weight is 144 g/mol. The van der Waals surface area contributed by atoms with E-state index in [1.807, 2.05) is 6.92 Å². The monoisotopic (exact) mass is 143 g/mol. The van der Waals surface area contributed by atoms with Crippen LogP contribution in [0.2, 0.25) is 5.02 Å².